The van der Waals surface area contributed by atoms with Gasteiger partial charge in [-0.25, -0.2) is 4.79 Å². The lowest BCUT2D eigenvalue weighted by atomic mass is 9.98. The normalized spacial score (nSPS) is 12.5. The highest BCUT2D eigenvalue weighted by atomic mass is 16.5. The third-order valence-electron chi connectivity index (χ3n) is 4.71. The Morgan fingerprint density at radius 2 is 2.03 bits per heavy atom. The number of amides is 3. The number of carbonyl (C=O) groups excluding carboxylic acids is 3. The van der Waals surface area contributed by atoms with Crippen molar-refractivity contribution in [2.45, 2.75) is 19.4 Å². The van der Waals surface area contributed by atoms with Gasteiger partial charge in [-0.05, 0) is 60.4 Å². The molecule has 0 saturated carbocycles. The van der Waals surface area contributed by atoms with Gasteiger partial charge in [-0.3, -0.25) is 14.9 Å². The number of methoxy groups -OCH3 is 1. The largest absolute Gasteiger partial charge is 0.453 e. The molecule has 2 aromatic rings. The predicted octanol–water partition coefficient (Wildman–Crippen LogP) is 3.26. The minimum Gasteiger partial charge on any atom is -0.453 e. The lowest BCUT2D eigenvalue weighted by Gasteiger charge is -2.28. The fraction of sp³-hybridized carbons (Fsp3) is 0.227. The average molecular weight is 393 g/mol. The zero-order chi connectivity index (χ0) is 20.8. The number of benzene rings is 2. The van der Waals surface area contributed by atoms with Crippen molar-refractivity contribution in [2.24, 2.45) is 0 Å². The number of rotatable bonds is 5. The molecule has 0 saturated heterocycles. The van der Waals surface area contributed by atoms with Gasteiger partial charge in [-0.15, -0.1) is 0 Å². The molecule has 0 spiro atoms. The Hall–Kier alpha value is -3.61. The second-order valence-corrected chi connectivity index (χ2v) is 6.64. The standard InChI is InChI=1S/C22H23N3O4/c1-3-20(26)25-11-5-7-16-13-17(9-10-19(16)25)21(27)23-14-15-6-4-8-18(12-15)24-22(28)29-2/h3-4,6,8-10,12-13H,1,5,7,11,14H2,2H3,(H,23,27)(H,24,28). The fourth-order valence-electron chi connectivity index (χ4n) is 3.29. The van der Waals surface area contributed by atoms with E-state index in [2.05, 4.69) is 21.9 Å². The van der Waals surface area contributed by atoms with Gasteiger partial charge in [0, 0.05) is 30.0 Å². The minimum absolute atomic E-state index is 0.136. The number of carbonyl (C=O) groups is 3. The first-order valence-corrected chi connectivity index (χ1v) is 9.31. The van der Waals surface area contributed by atoms with E-state index in [0.29, 0.717) is 24.3 Å². The number of nitrogens with zero attached hydrogens (tertiary/aromatic N) is 1. The van der Waals surface area contributed by atoms with Gasteiger partial charge < -0.3 is 15.0 Å². The first-order valence-electron chi connectivity index (χ1n) is 9.31. The molecule has 2 aromatic carbocycles. The Morgan fingerprint density at radius 1 is 1.21 bits per heavy atom. The molecule has 29 heavy (non-hydrogen) atoms. The molecule has 0 atom stereocenters. The Bertz CT molecular complexity index is 955. The van der Waals surface area contributed by atoms with E-state index in [1.165, 1.54) is 13.2 Å². The van der Waals surface area contributed by atoms with Gasteiger partial charge in [-0.1, -0.05) is 18.7 Å². The van der Waals surface area contributed by atoms with Crippen molar-refractivity contribution in [2.75, 3.05) is 23.9 Å². The summed E-state index contributed by atoms with van der Waals surface area (Å²) in [5.41, 5.74) is 3.78. The summed E-state index contributed by atoms with van der Waals surface area (Å²) < 4.78 is 4.58. The molecular weight excluding hydrogens is 370 g/mol. The molecule has 1 aliphatic heterocycles. The predicted molar refractivity (Wildman–Crippen MR) is 111 cm³/mol. The molecule has 1 aliphatic rings. The SMILES string of the molecule is C=CC(=O)N1CCCc2cc(C(=O)NCc3cccc(NC(=O)OC)c3)ccc21. The van der Waals surface area contributed by atoms with Crippen LogP contribution in [0.15, 0.2) is 55.1 Å². The van der Waals surface area contributed by atoms with E-state index in [4.69, 9.17) is 0 Å². The Kier molecular flexibility index (Phi) is 6.29. The van der Waals surface area contributed by atoms with Crippen molar-refractivity contribution in [1.82, 2.24) is 5.32 Å². The molecule has 7 heteroatoms. The smallest absolute Gasteiger partial charge is 0.411 e. The number of hydrogen-bond acceptors (Lipinski definition) is 4. The summed E-state index contributed by atoms with van der Waals surface area (Å²) in [7, 11) is 1.30. The number of aryl methyl sites for hydroxylation is 1. The van der Waals surface area contributed by atoms with E-state index in [-0.39, 0.29) is 11.8 Å². The topological polar surface area (TPSA) is 87.7 Å². The Labute approximate surface area is 169 Å². The molecule has 7 nitrogen and oxygen atoms in total. The highest BCUT2D eigenvalue weighted by Gasteiger charge is 2.21. The lowest BCUT2D eigenvalue weighted by molar-refractivity contribution is -0.114. The van der Waals surface area contributed by atoms with E-state index in [0.717, 1.165) is 29.7 Å². The Morgan fingerprint density at radius 3 is 2.79 bits per heavy atom. The van der Waals surface area contributed by atoms with Crippen LogP contribution in [-0.2, 0) is 22.5 Å². The van der Waals surface area contributed by atoms with E-state index in [1.54, 1.807) is 29.2 Å². The van der Waals surface area contributed by atoms with Crippen molar-refractivity contribution >= 4 is 29.3 Å². The monoisotopic (exact) mass is 393 g/mol. The quantitative estimate of drug-likeness (QED) is 0.764. The number of ether oxygens (including phenoxy) is 1. The van der Waals surface area contributed by atoms with Crippen LogP contribution in [0.4, 0.5) is 16.2 Å². The molecule has 0 aliphatic carbocycles. The van der Waals surface area contributed by atoms with Crippen LogP contribution in [0.1, 0.15) is 27.9 Å². The summed E-state index contributed by atoms with van der Waals surface area (Å²) >= 11 is 0. The summed E-state index contributed by atoms with van der Waals surface area (Å²) in [5, 5.41) is 5.47. The molecule has 0 unspecified atom stereocenters. The molecule has 0 radical (unpaired) electrons. The molecule has 2 N–H and O–H groups in total. The molecule has 150 valence electrons. The van der Waals surface area contributed by atoms with Crippen LogP contribution in [0.2, 0.25) is 0 Å². The first-order chi connectivity index (χ1) is 14.0. The summed E-state index contributed by atoms with van der Waals surface area (Å²) in [6.45, 7) is 4.51. The third-order valence-corrected chi connectivity index (χ3v) is 4.71. The van der Waals surface area contributed by atoms with Crippen LogP contribution in [0.25, 0.3) is 0 Å². The van der Waals surface area contributed by atoms with Gasteiger partial charge in [0.2, 0.25) is 5.91 Å². The number of fused-ring (bicyclic) bond motifs is 1. The van der Waals surface area contributed by atoms with E-state index < -0.39 is 6.09 Å². The summed E-state index contributed by atoms with van der Waals surface area (Å²) in [6.07, 6.45) is 2.42. The summed E-state index contributed by atoms with van der Waals surface area (Å²) in [6, 6.07) is 12.5. The number of hydrogen-bond donors (Lipinski definition) is 2. The van der Waals surface area contributed by atoms with Gasteiger partial charge in [0.15, 0.2) is 0 Å². The highest BCUT2D eigenvalue weighted by Crippen LogP contribution is 2.28. The molecule has 0 fully saturated rings. The van der Waals surface area contributed by atoms with Crippen LogP contribution in [0, 0.1) is 0 Å². The average Bonchev–Trinajstić information content (AvgIpc) is 2.76. The summed E-state index contributed by atoms with van der Waals surface area (Å²) in [4.78, 5) is 37.6. The molecule has 3 rings (SSSR count). The molecule has 1 heterocycles. The zero-order valence-corrected chi connectivity index (χ0v) is 16.2. The summed E-state index contributed by atoms with van der Waals surface area (Å²) in [5.74, 6) is -0.338. The van der Waals surface area contributed by atoms with Crippen molar-refractivity contribution in [3.05, 3.63) is 71.8 Å². The van der Waals surface area contributed by atoms with Crippen LogP contribution >= 0.6 is 0 Å². The van der Waals surface area contributed by atoms with Crippen LogP contribution < -0.4 is 15.5 Å². The van der Waals surface area contributed by atoms with E-state index in [9.17, 15) is 14.4 Å². The van der Waals surface area contributed by atoms with Crippen LogP contribution in [0.5, 0.6) is 0 Å². The second kappa shape index (κ2) is 9.05. The van der Waals surface area contributed by atoms with Crippen molar-refractivity contribution in [1.29, 1.82) is 0 Å². The lowest BCUT2D eigenvalue weighted by Crippen LogP contribution is -2.34. The van der Waals surface area contributed by atoms with Gasteiger partial charge >= 0.3 is 6.09 Å². The van der Waals surface area contributed by atoms with Crippen molar-refractivity contribution in [3.8, 4) is 0 Å². The van der Waals surface area contributed by atoms with Crippen molar-refractivity contribution in [3.63, 3.8) is 0 Å². The fourth-order valence-corrected chi connectivity index (χ4v) is 3.29. The van der Waals surface area contributed by atoms with E-state index >= 15 is 0 Å². The van der Waals surface area contributed by atoms with Gasteiger partial charge in [-0.2, -0.15) is 0 Å². The number of anilines is 2. The van der Waals surface area contributed by atoms with Gasteiger partial charge in [0.25, 0.3) is 5.91 Å². The first kappa shape index (κ1) is 20.1. The zero-order valence-electron chi connectivity index (χ0n) is 16.2. The maximum atomic E-state index is 12.6. The highest BCUT2D eigenvalue weighted by molar-refractivity contribution is 6.02. The van der Waals surface area contributed by atoms with Gasteiger partial charge in [0.1, 0.15) is 0 Å². The minimum atomic E-state index is -0.552. The van der Waals surface area contributed by atoms with Gasteiger partial charge in [0.05, 0.1) is 7.11 Å². The van der Waals surface area contributed by atoms with E-state index in [1.807, 2.05) is 18.2 Å². The Balaban J connectivity index is 1.67. The maximum absolute atomic E-state index is 12.6. The molecule has 3 amide bonds. The van der Waals surface area contributed by atoms with Crippen LogP contribution in [-0.4, -0.2) is 31.6 Å². The second-order valence-electron chi connectivity index (χ2n) is 6.64. The maximum Gasteiger partial charge on any atom is 0.411 e. The molecule has 0 aromatic heterocycles. The van der Waals surface area contributed by atoms with Crippen molar-refractivity contribution < 1.29 is 19.1 Å². The van der Waals surface area contributed by atoms with Crippen LogP contribution in [0.3, 0.4) is 0 Å². The molecular formula is C22H23N3O4. The molecule has 0 bridgehead atoms. The number of nitrogens with one attached hydrogen (secondary N) is 2. The third kappa shape index (κ3) is 4.82.